The molecule has 4 nitrogen and oxygen atoms in total. The van der Waals surface area contributed by atoms with Gasteiger partial charge >= 0.3 is 11.9 Å². The van der Waals surface area contributed by atoms with Crippen LogP contribution in [0.4, 0.5) is 0 Å². The van der Waals surface area contributed by atoms with E-state index in [0.29, 0.717) is 12.8 Å². The van der Waals surface area contributed by atoms with Gasteiger partial charge in [-0.15, -0.1) is 0 Å². The number of carbonyl (C=O) groups excluding carboxylic acids is 1. The number of aliphatic carboxylic acids is 1. The van der Waals surface area contributed by atoms with Crippen molar-refractivity contribution in [1.29, 1.82) is 0 Å². The van der Waals surface area contributed by atoms with Crippen LogP contribution in [-0.4, -0.2) is 22.6 Å². The van der Waals surface area contributed by atoms with E-state index in [1.165, 1.54) is 0 Å². The molecule has 2 saturated carbocycles. The molecule has 2 fully saturated rings. The van der Waals surface area contributed by atoms with Crippen molar-refractivity contribution in [2.45, 2.75) is 52.1 Å². The van der Waals surface area contributed by atoms with Crippen molar-refractivity contribution < 1.29 is 19.4 Å². The first-order valence-electron chi connectivity index (χ1n) is 6.18. The number of carboxylic acid groups (broad SMARTS) is 1. The van der Waals surface area contributed by atoms with E-state index in [1.54, 1.807) is 0 Å². The van der Waals surface area contributed by atoms with Crippen LogP contribution in [0.25, 0.3) is 0 Å². The van der Waals surface area contributed by atoms with Crippen molar-refractivity contribution in [3.63, 3.8) is 0 Å². The zero-order valence-corrected chi connectivity index (χ0v) is 10.7. The normalized spacial score (nSPS) is 30.3. The topological polar surface area (TPSA) is 63.6 Å². The molecule has 0 aromatic heterocycles. The third-order valence-corrected chi connectivity index (χ3v) is 3.78. The molecule has 2 rings (SSSR count). The van der Waals surface area contributed by atoms with Crippen molar-refractivity contribution in [3.05, 3.63) is 0 Å². The summed E-state index contributed by atoms with van der Waals surface area (Å²) < 4.78 is 5.32. The summed E-state index contributed by atoms with van der Waals surface area (Å²) in [7, 11) is 0. The monoisotopic (exact) mass is 240 g/mol. The van der Waals surface area contributed by atoms with Crippen LogP contribution in [-0.2, 0) is 14.3 Å². The van der Waals surface area contributed by atoms with Crippen molar-refractivity contribution >= 4 is 11.9 Å². The third kappa shape index (κ3) is 2.61. The smallest absolute Gasteiger partial charge is 0.310 e. The number of rotatable bonds is 2. The van der Waals surface area contributed by atoms with Gasteiger partial charge in [0.1, 0.15) is 5.60 Å². The third-order valence-electron chi connectivity index (χ3n) is 3.78. The second-order valence-electron chi connectivity index (χ2n) is 6.49. The summed E-state index contributed by atoms with van der Waals surface area (Å²) in [5.41, 5.74) is -0.399. The molecule has 1 spiro atoms. The van der Waals surface area contributed by atoms with E-state index in [-0.39, 0.29) is 11.4 Å². The highest BCUT2D eigenvalue weighted by Gasteiger charge is 2.57. The molecular formula is C13H20O4. The average molecular weight is 240 g/mol. The van der Waals surface area contributed by atoms with Crippen molar-refractivity contribution in [2.24, 2.45) is 17.3 Å². The Bertz CT molecular complexity index is 349. The molecular weight excluding hydrogens is 220 g/mol. The number of carbonyl (C=O) groups is 2. The quantitative estimate of drug-likeness (QED) is 0.752. The average Bonchev–Trinajstić information content (AvgIpc) is 2.73. The SMILES string of the molecule is CC(C)(C)OC(=O)C1CC2(CC2)C[C@H]1C(=O)O. The molecule has 2 aliphatic rings. The minimum absolute atomic E-state index is 0.143. The number of esters is 1. The van der Waals surface area contributed by atoms with Gasteiger partial charge in [-0.1, -0.05) is 0 Å². The molecule has 17 heavy (non-hydrogen) atoms. The van der Waals surface area contributed by atoms with Crippen LogP contribution >= 0.6 is 0 Å². The van der Waals surface area contributed by atoms with Crippen molar-refractivity contribution in [1.82, 2.24) is 0 Å². The Balaban J connectivity index is 2.08. The first kappa shape index (κ1) is 12.4. The molecule has 1 unspecified atom stereocenters. The molecule has 0 amide bonds. The molecule has 0 aromatic rings. The van der Waals surface area contributed by atoms with Crippen LogP contribution in [0.15, 0.2) is 0 Å². The molecule has 1 N–H and O–H groups in total. The zero-order chi connectivity index (χ0) is 12.8. The molecule has 4 heteroatoms. The fourth-order valence-corrected chi connectivity index (χ4v) is 2.77. The second kappa shape index (κ2) is 3.72. The number of ether oxygens (including phenoxy) is 1. The fraction of sp³-hybridized carbons (Fsp3) is 0.846. The van der Waals surface area contributed by atoms with E-state index in [9.17, 15) is 14.7 Å². The lowest BCUT2D eigenvalue weighted by molar-refractivity contribution is -0.165. The highest BCUT2D eigenvalue weighted by molar-refractivity contribution is 5.82. The van der Waals surface area contributed by atoms with Crippen LogP contribution in [0.3, 0.4) is 0 Å². The van der Waals surface area contributed by atoms with Crippen LogP contribution in [0.1, 0.15) is 46.5 Å². The summed E-state index contributed by atoms with van der Waals surface area (Å²) in [4.78, 5) is 23.2. The second-order valence-corrected chi connectivity index (χ2v) is 6.49. The molecule has 2 aliphatic carbocycles. The van der Waals surface area contributed by atoms with Gasteiger partial charge in [0.25, 0.3) is 0 Å². The fourth-order valence-electron chi connectivity index (χ4n) is 2.77. The van der Waals surface area contributed by atoms with Gasteiger partial charge in [0.05, 0.1) is 11.8 Å². The molecule has 96 valence electrons. The Hall–Kier alpha value is -1.06. The lowest BCUT2D eigenvalue weighted by Gasteiger charge is -2.23. The van der Waals surface area contributed by atoms with Gasteiger partial charge in [0.2, 0.25) is 0 Å². The Morgan fingerprint density at radius 3 is 2.12 bits per heavy atom. The Morgan fingerprint density at radius 2 is 1.71 bits per heavy atom. The van der Waals surface area contributed by atoms with Crippen molar-refractivity contribution in [3.8, 4) is 0 Å². The lowest BCUT2D eigenvalue weighted by atomic mass is 9.96. The first-order valence-corrected chi connectivity index (χ1v) is 6.18. The minimum Gasteiger partial charge on any atom is -0.481 e. The van der Waals surface area contributed by atoms with E-state index < -0.39 is 23.4 Å². The Kier molecular flexibility index (Phi) is 2.71. The van der Waals surface area contributed by atoms with Crippen LogP contribution in [0.5, 0.6) is 0 Å². The summed E-state index contributed by atoms with van der Waals surface area (Å²) >= 11 is 0. The lowest BCUT2D eigenvalue weighted by Crippen LogP contribution is -2.32. The maximum absolute atomic E-state index is 12.0. The van der Waals surface area contributed by atoms with E-state index in [0.717, 1.165) is 12.8 Å². The molecule has 0 aromatic carbocycles. The van der Waals surface area contributed by atoms with E-state index in [4.69, 9.17) is 4.74 Å². The molecule has 0 aliphatic heterocycles. The predicted octanol–water partition coefficient (Wildman–Crippen LogP) is 2.22. The summed E-state index contributed by atoms with van der Waals surface area (Å²) in [5.74, 6) is -2.19. The Morgan fingerprint density at radius 1 is 1.18 bits per heavy atom. The molecule has 0 radical (unpaired) electrons. The highest BCUT2D eigenvalue weighted by atomic mass is 16.6. The number of carboxylic acids is 1. The summed E-state index contributed by atoms with van der Waals surface area (Å²) in [6, 6.07) is 0. The molecule has 0 saturated heterocycles. The van der Waals surface area contributed by atoms with E-state index in [1.807, 2.05) is 20.8 Å². The zero-order valence-electron chi connectivity index (χ0n) is 10.7. The summed E-state index contributed by atoms with van der Waals surface area (Å²) in [5, 5.41) is 9.18. The molecule has 0 bridgehead atoms. The van der Waals surface area contributed by atoms with Gasteiger partial charge in [0, 0.05) is 0 Å². The Labute approximate surface area is 101 Å². The van der Waals surface area contributed by atoms with Gasteiger partial charge < -0.3 is 9.84 Å². The van der Waals surface area contributed by atoms with Gasteiger partial charge in [0.15, 0.2) is 0 Å². The maximum Gasteiger partial charge on any atom is 0.310 e. The molecule has 2 atom stereocenters. The minimum atomic E-state index is -0.857. The van der Waals surface area contributed by atoms with Gasteiger partial charge in [-0.25, -0.2) is 0 Å². The largest absolute Gasteiger partial charge is 0.481 e. The van der Waals surface area contributed by atoms with Crippen LogP contribution in [0.2, 0.25) is 0 Å². The van der Waals surface area contributed by atoms with E-state index in [2.05, 4.69) is 0 Å². The number of hydrogen-bond acceptors (Lipinski definition) is 3. The summed E-state index contributed by atoms with van der Waals surface area (Å²) in [6.07, 6.45) is 3.47. The predicted molar refractivity (Wildman–Crippen MR) is 61.4 cm³/mol. The highest BCUT2D eigenvalue weighted by Crippen LogP contribution is 2.61. The van der Waals surface area contributed by atoms with Gasteiger partial charge in [-0.2, -0.15) is 0 Å². The van der Waals surface area contributed by atoms with Crippen LogP contribution in [0, 0.1) is 17.3 Å². The van der Waals surface area contributed by atoms with Gasteiger partial charge in [-0.05, 0) is 51.9 Å². The van der Waals surface area contributed by atoms with Crippen molar-refractivity contribution in [2.75, 3.05) is 0 Å². The number of hydrogen-bond donors (Lipinski definition) is 1. The molecule has 0 heterocycles. The van der Waals surface area contributed by atoms with E-state index >= 15 is 0 Å². The van der Waals surface area contributed by atoms with Crippen LogP contribution < -0.4 is 0 Å². The summed E-state index contributed by atoms with van der Waals surface area (Å²) in [6.45, 7) is 5.42. The maximum atomic E-state index is 12.0. The standard InChI is InChI=1S/C13H20O4/c1-12(2,3)17-11(16)9-7-13(4-5-13)6-8(9)10(14)15/h8-9H,4-7H2,1-3H3,(H,14,15)/t8-,9?/m1/s1. The first-order chi connectivity index (χ1) is 7.72. The van der Waals surface area contributed by atoms with Gasteiger partial charge in [-0.3, -0.25) is 9.59 Å².